The Labute approximate surface area is 92.2 Å². The molecule has 0 saturated heterocycles. The largest absolute Gasteiger partial charge is 0.397 e. The molecular formula is C12H10N4. The Hall–Kier alpha value is -2.36. The van der Waals surface area contributed by atoms with Crippen LogP contribution >= 0.6 is 0 Å². The summed E-state index contributed by atoms with van der Waals surface area (Å²) < 4.78 is 0. The molecule has 3 N–H and O–H groups in total. The number of pyridine rings is 1. The van der Waals surface area contributed by atoms with Crippen molar-refractivity contribution in [1.82, 2.24) is 15.0 Å². The van der Waals surface area contributed by atoms with Crippen LogP contribution in [0.15, 0.2) is 42.9 Å². The van der Waals surface area contributed by atoms with Gasteiger partial charge in [0.25, 0.3) is 0 Å². The Bertz CT molecular complexity index is 629. The first-order valence-electron chi connectivity index (χ1n) is 4.98. The summed E-state index contributed by atoms with van der Waals surface area (Å²) in [5.41, 5.74) is 8.27. The number of imidazole rings is 1. The maximum absolute atomic E-state index is 5.71. The van der Waals surface area contributed by atoms with Gasteiger partial charge in [-0.05, 0) is 12.1 Å². The summed E-state index contributed by atoms with van der Waals surface area (Å²) in [6.45, 7) is 0. The Morgan fingerprint density at radius 3 is 2.94 bits per heavy atom. The van der Waals surface area contributed by atoms with Crippen molar-refractivity contribution in [3.05, 3.63) is 42.9 Å². The summed E-state index contributed by atoms with van der Waals surface area (Å²) in [6.07, 6.45) is 5.19. The number of anilines is 1. The lowest BCUT2D eigenvalue weighted by Crippen LogP contribution is -1.90. The van der Waals surface area contributed by atoms with Crippen molar-refractivity contribution in [1.29, 1.82) is 0 Å². The van der Waals surface area contributed by atoms with Crippen LogP contribution in [0, 0.1) is 0 Å². The zero-order valence-electron chi connectivity index (χ0n) is 8.51. The number of aromatic amines is 1. The number of fused-ring (bicyclic) bond motifs is 1. The van der Waals surface area contributed by atoms with Gasteiger partial charge >= 0.3 is 0 Å². The summed E-state index contributed by atoms with van der Waals surface area (Å²) >= 11 is 0. The molecule has 1 aromatic carbocycles. The third kappa shape index (κ3) is 1.32. The number of nitrogens with zero attached hydrogens (tertiary/aromatic N) is 2. The molecule has 3 aromatic rings. The molecule has 0 aliphatic heterocycles. The Kier molecular flexibility index (Phi) is 1.86. The average molecular weight is 210 g/mol. The fourth-order valence-corrected chi connectivity index (χ4v) is 1.78. The predicted octanol–water partition coefficient (Wildman–Crippen LogP) is 2.21. The molecule has 4 nitrogen and oxygen atoms in total. The zero-order chi connectivity index (χ0) is 11.0. The van der Waals surface area contributed by atoms with Gasteiger partial charge in [0.1, 0.15) is 5.82 Å². The van der Waals surface area contributed by atoms with Crippen LogP contribution in [0.25, 0.3) is 22.3 Å². The van der Waals surface area contributed by atoms with Crippen molar-refractivity contribution < 1.29 is 0 Å². The third-order valence-corrected chi connectivity index (χ3v) is 2.49. The van der Waals surface area contributed by atoms with E-state index in [0.717, 1.165) is 22.3 Å². The molecule has 2 heterocycles. The maximum Gasteiger partial charge on any atom is 0.139 e. The highest BCUT2D eigenvalue weighted by Crippen LogP contribution is 2.25. The monoisotopic (exact) mass is 210 g/mol. The molecular weight excluding hydrogens is 200 g/mol. The lowest BCUT2D eigenvalue weighted by molar-refractivity contribution is 1.30. The first-order chi connectivity index (χ1) is 7.84. The average Bonchev–Trinajstić information content (AvgIpc) is 2.81. The second-order valence-electron chi connectivity index (χ2n) is 3.58. The summed E-state index contributed by atoms with van der Waals surface area (Å²) in [5, 5.41) is 1.02. The topological polar surface area (TPSA) is 67.6 Å². The number of nitrogen functional groups attached to an aromatic ring is 1. The van der Waals surface area contributed by atoms with E-state index in [-0.39, 0.29) is 0 Å². The second-order valence-corrected chi connectivity index (χ2v) is 3.58. The van der Waals surface area contributed by atoms with Gasteiger partial charge in [-0.3, -0.25) is 4.98 Å². The maximum atomic E-state index is 5.71. The highest BCUT2D eigenvalue weighted by molar-refractivity contribution is 5.92. The van der Waals surface area contributed by atoms with Gasteiger partial charge < -0.3 is 10.7 Å². The van der Waals surface area contributed by atoms with E-state index in [0.29, 0.717) is 5.69 Å². The van der Waals surface area contributed by atoms with E-state index < -0.39 is 0 Å². The molecule has 0 fully saturated rings. The molecule has 0 aliphatic rings. The number of rotatable bonds is 1. The molecule has 0 aliphatic carbocycles. The summed E-state index contributed by atoms with van der Waals surface area (Å²) in [5.74, 6) is 0.822. The number of hydrogen-bond acceptors (Lipinski definition) is 3. The minimum Gasteiger partial charge on any atom is -0.397 e. The van der Waals surface area contributed by atoms with Gasteiger partial charge in [-0.25, -0.2) is 4.98 Å². The Morgan fingerprint density at radius 2 is 2.12 bits per heavy atom. The molecule has 0 spiro atoms. The predicted molar refractivity (Wildman–Crippen MR) is 63.7 cm³/mol. The van der Waals surface area contributed by atoms with Crippen LogP contribution in [0.2, 0.25) is 0 Å². The molecule has 0 unspecified atom stereocenters. The first kappa shape index (κ1) is 8.91. The van der Waals surface area contributed by atoms with E-state index in [4.69, 9.17) is 5.73 Å². The second kappa shape index (κ2) is 3.34. The van der Waals surface area contributed by atoms with Crippen molar-refractivity contribution in [2.45, 2.75) is 0 Å². The first-order valence-corrected chi connectivity index (χ1v) is 4.98. The Morgan fingerprint density at radius 1 is 1.19 bits per heavy atom. The lowest BCUT2D eigenvalue weighted by Gasteiger charge is -2.03. The third-order valence-electron chi connectivity index (χ3n) is 2.49. The van der Waals surface area contributed by atoms with Gasteiger partial charge in [0, 0.05) is 23.3 Å². The Balaban J connectivity index is 2.34. The van der Waals surface area contributed by atoms with Gasteiger partial charge in [-0.15, -0.1) is 0 Å². The molecule has 0 saturated carbocycles. The molecule has 0 amide bonds. The number of H-pyrrole nitrogens is 1. The quantitative estimate of drug-likeness (QED) is 0.647. The van der Waals surface area contributed by atoms with Crippen molar-refractivity contribution in [2.24, 2.45) is 0 Å². The summed E-state index contributed by atoms with van der Waals surface area (Å²) in [4.78, 5) is 11.7. The number of nitrogens with two attached hydrogens (primary N) is 1. The van der Waals surface area contributed by atoms with Gasteiger partial charge in [-0.2, -0.15) is 0 Å². The minimum absolute atomic E-state index is 0.670. The molecule has 78 valence electrons. The highest BCUT2D eigenvalue weighted by atomic mass is 14.9. The van der Waals surface area contributed by atoms with Crippen LogP contribution in [0.5, 0.6) is 0 Å². The highest BCUT2D eigenvalue weighted by Gasteiger charge is 2.06. The van der Waals surface area contributed by atoms with Crippen molar-refractivity contribution in [3.8, 4) is 11.4 Å². The van der Waals surface area contributed by atoms with Crippen LogP contribution in [-0.2, 0) is 0 Å². The van der Waals surface area contributed by atoms with E-state index in [1.807, 2.05) is 24.3 Å². The number of hydrogen-bond donors (Lipinski definition) is 2. The fraction of sp³-hybridized carbons (Fsp3) is 0. The number of para-hydroxylation sites is 1. The molecule has 4 heteroatoms. The van der Waals surface area contributed by atoms with Crippen LogP contribution in [0.1, 0.15) is 0 Å². The van der Waals surface area contributed by atoms with Gasteiger partial charge in [-0.1, -0.05) is 12.1 Å². The van der Waals surface area contributed by atoms with Crippen LogP contribution in [-0.4, -0.2) is 15.0 Å². The van der Waals surface area contributed by atoms with Crippen LogP contribution in [0.3, 0.4) is 0 Å². The standard InChI is InChI=1S/C12H10N4/c13-9-6-8-2-1-3-10(11(8)16-7-9)12-14-4-5-15-12/h1-7H,13H2,(H,14,15). The molecule has 2 aromatic heterocycles. The lowest BCUT2D eigenvalue weighted by atomic mass is 10.1. The smallest absolute Gasteiger partial charge is 0.139 e. The van der Waals surface area contributed by atoms with Crippen molar-refractivity contribution >= 4 is 16.6 Å². The number of benzene rings is 1. The van der Waals surface area contributed by atoms with Gasteiger partial charge in [0.15, 0.2) is 0 Å². The molecule has 3 rings (SSSR count). The fourth-order valence-electron chi connectivity index (χ4n) is 1.78. The van der Waals surface area contributed by atoms with E-state index in [2.05, 4.69) is 15.0 Å². The van der Waals surface area contributed by atoms with Crippen LogP contribution in [0.4, 0.5) is 5.69 Å². The molecule has 16 heavy (non-hydrogen) atoms. The van der Waals surface area contributed by atoms with Gasteiger partial charge in [0.2, 0.25) is 0 Å². The molecule has 0 bridgehead atoms. The number of aromatic nitrogens is 3. The van der Waals surface area contributed by atoms with Gasteiger partial charge in [0.05, 0.1) is 17.4 Å². The SMILES string of the molecule is Nc1cnc2c(-c3ncc[nH]3)cccc2c1. The van der Waals surface area contributed by atoms with E-state index in [1.165, 1.54) is 0 Å². The van der Waals surface area contributed by atoms with E-state index in [1.54, 1.807) is 18.6 Å². The minimum atomic E-state index is 0.670. The summed E-state index contributed by atoms with van der Waals surface area (Å²) in [7, 11) is 0. The van der Waals surface area contributed by atoms with Crippen molar-refractivity contribution in [2.75, 3.05) is 5.73 Å². The summed E-state index contributed by atoms with van der Waals surface area (Å²) in [6, 6.07) is 7.87. The molecule has 0 atom stereocenters. The molecule has 0 radical (unpaired) electrons. The normalized spacial score (nSPS) is 10.8. The van der Waals surface area contributed by atoms with E-state index >= 15 is 0 Å². The van der Waals surface area contributed by atoms with Crippen LogP contribution < -0.4 is 5.73 Å². The van der Waals surface area contributed by atoms with Crippen molar-refractivity contribution in [3.63, 3.8) is 0 Å². The zero-order valence-corrected chi connectivity index (χ0v) is 8.51. The van der Waals surface area contributed by atoms with E-state index in [9.17, 15) is 0 Å². The number of nitrogens with one attached hydrogen (secondary N) is 1.